The lowest BCUT2D eigenvalue weighted by Gasteiger charge is -2.06. The highest BCUT2D eigenvalue weighted by atomic mass is 127. The van der Waals surface area contributed by atoms with Gasteiger partial charge in [-0.25, -0.2) is 0 Å². The van der Waals surface area contributed by atoms with Gasteiger partial charge < -0.3 is 8.27 Å². The third-order valence-electron chi connectivity index (χ3n) is 2.22. The Hall–Kier alpha value is -1.23. The zero-order valence-electron chi connectivity index (χ0n) is 8.91. The van der Waals surface area contributed by atoms with E-state index in [4.69, 9.17) is 4.74 Å². The lowest BCUT2D eigenvalue weighted by Crippen LogP contribution is -1.85. The molecule has 3 heteroatoms. The Morgan fingerprint density at radius 2 is 1.38 bits per heavy atom. The van der Waals surface area contributed by atoms with Crippen molar-refractivity contribution < 1.29 is 4.74 Å². The van der Waals surface area contributed by atoms with E-state index in [-0.39, 0.29) is 0 Å². The molecule has 1 N–H and O–H groups in total. The van der Waals surface area contributed by atoms with Crippen molar-refractivity contribution in [1.29, 1.82) is 0 Å². The molecule has 0 aliphatic rings. The Bertz CT molecular complexity index is 450. The molecule has 0 heterocycles. The molecule has 0 saturated carbocycles. The number of benzene rings is 2. The van der Waals surface area contributed by atoms with Crippen molar-refractivity contribution in [3.63, 3.8) is 0 Å². The van der Waals surface area contributed by atoms with Gasteiger partial charge in [0.2, 0.25) is 0 Å². The number of nitrogens with one attached hydrogen (secondary N) is 1. The first kappa shape index (κ1) is 11.3. The predicted octanol–water partition coefficient (Wildman–Crippen LogP) is 4.55. The molecule has 2 aromatic carbocycles. The summed E-state index contributed by atoms with van der Waals surface area (Å²) in [7, 11) is 0. The van der Waals surface area contributed by atoms with Gasteiger partial charge in [0.1, 0.15) is 11.5 Å². The monoisotopic (exact) mass is 325 g/mol. The average Bonchev–Trinajstić information content (AvgIpc) is 2.33. The van der Waals surface area contributed by atoms with E-state index in [1.807, 2.05) is 48.5 Å². The summed E-state index contributed by atoms with van der Waals surface area (Å²) in [6, 6.07) is 15.9. The van der Waals surface area contributed by atoms with Crippen LogP contribution in [0.25, 0.3) is 0 Å². The first-order valence-electron chi connectivity index (χ1n) is 4.99. The van der Waals surface area contributed by atoms with Crippen LogP contribution in [0.4, 0.5) is 5.69 Å². The summed E-state index contributed by atoms with van der Waals surface area (Å²) in [6.07, 6.45) is 0. The number of rotatable bonds is 3. The number of aryl methyl sites for hydroxylation is 1. The number of hydrogen-bond donors (Lipinski definition) is 1. The maximum atomic E-state index is 5.70. The van der Waals surface area contributed by atoms with Gasteiger partial charge in [0.05, 0.1) is 22.9 Å². The van der Waals surface area contributed by atoms with E-state index in [0.29, 0.717) is 0 Å². The van der Waals surface area contributed by atoms with Crippen LogP contribution in [0.3, 0.4) is 0 Å². The molecule has 0 aliphatic carbocycles. The molecule has 0 spiro atoms. The highest BCUT2D eigenvalue weighted by molar-refractivity contribution is 14.1. The molecular weight excluding hydrogens is 313 g/mol. The highest BCUT2D eigenvalue weighted by Crippen LogP contribution is 2.23. The van der Waals surface area contributed by atoms with Crippen molar-refractivity contribution in [1.82, 2.24) is 0 Å². The van der Waals surface area contributed by atoms with Gasteiger partial charge >= 0.3 is 0 Å². The lowest BCUT2D eigenvalue weighted by molar-refractivity contribution is 0.482. The molecule has 0 bridgehead atoms. The van der Waals surface area contributed by atoms with Crippen molar-refractivity contribution in [2.24, 2.45) is 0 Å². The quantitative estimate of drug-likeness (QED) is 0.660. The zero-order chi connectivity index (χ0) is 11.4. The van der Waals surface area contributed by atoms with E-state index < -0.39 is 0 Å². The first-order chi connectivity index (χ1) is 7.78. The van der Waals surface area contributed by atoms with E-state index in [2.05, 4.69) is 33.3 Å². The van der Waals surface area contributed by atoms with Crippen LogP contribution in [0.1, 0.15) is 5.56 Å². The van der Waals surface area contributed by atoms with Crippen LogP contribution >= 0.6 is 22.9 Å². The zero-order valence-corrected chi connectivity index (χ0v) is 11.1. The minimum atomic E-state index is 0.847. The number of ether oxygens (including phenoxy) is 1. The van der Waals surface area contributed by atoms with Crippen LogP contribution in [0, 0.1) is 6.92 Å². The van der Waals surface area contributed by atoms with Crippen molar-refractivity contribution in [3.05, 3.63) is 54.1 Å². The second-order valence-electron chi connectivity index (χ2n) is 3.53. The number of halogens is 1. The Morgan fingerprint density at radius 3 is 1.88 bits per heavy atom. The molecule has 82 valence electrons. The summed E-state index contributed by atoms with van der Waals surface area (Å²) >= 11 is 2.10. The standard InChI is InChI=1S/C13H12INO/c1-10-2-6-12(7-3-10)16-13-8-4-11(15-14)5-9-13/h2-9,15H,1H3. The van der Waals surface area contributed by atoms with E-state index in [0.717, 1.165) is 17.2 Å². The fourth-order valence-corrected chi connectivity index (χ4v) is 1.69. The molecule has 0 saturated heterocycles. The molecule has 0 aromatic heterocycles. The third kappa shape index (κ3) is 2.88. The summed E-state index contributed by atoms with van der Waals surface area (Å²) < 4.78 is 8.74. The summed E-state index contributed by atoms with van der Waals surface area (Å²) in [4.78, 5) is 0. The molecule has 0 unspecified atom stereocenters. The fraction of sp³-hybridized carbons (Fsp3) is 0.0769. The molecule has 2 rings (SSSR count). The topological polar surface area (TPSA) is 21.3 Å². The Morgan fingerprint density at radius 1 is 0.875 bits per heavy atom. The minimum Gasteiger partial charge on any atom is -0.457 e. The van der Waals surface area contributed by atoms with E-state index in [9.17, 15) is 0 Å². The molecule has 16 heavy (non-hydrogen) atoms. The molecule has 0 aliphatic heterocycles. The van der Waals surface area contributed by atoms with Crippen LogP contribution in [-0.2, 0) is 0 Å². The lowest BCUT2D eigenvalue weighted by atomic mass is 10.2. The Labute approximate surface area is 109 Å². The minimum absolute atomic E-state index is 0.847. The van der Waals surface area contributed by atoms with Gasteiger partial charge in [-0.15, -0.1) is 0 Å². The first-order valence-corrected chi connectivity index (χ1v) is 6.07. The predicted molar refractivity (Wildman–Crippen MR) is 75.3 cm³/mol. The molecule has 0 fully saturated rings. The van der Waals surface area contributed by atoms with E-state index in [1.165, 1.54) is 5.56 Å². The third-order valence-corrected chi connectivity index (χ3v) is 2.84. The van der Waals surface area contributed by atoms with Gasteiger partial charge in [0.15, 0.2) is 0 Å². The van der Waals surface area contributed by atoms with Crippen molar-refractivity contribution in [2.45, 2.75) is 6.92 Å². The van der Waals surface area contributed by atoms with E-state index >= 15 is 0 Å². The summed E-state index contributed by atoms with van der Waals surface area (Å²) in [5.41, 5.74) is 2.30. The molecule has 2 nitrogen and oxygen atoms in total. The molecule has 2 aromatic rings. The van der Waals surface area contributed by atoms with Gasteiger partial charge in [0.25, 0.3) is 0 Å². The fourth-order valence-electron chi connectivity index (χ4n) is 1.33. The van der Waals surface area contributed by atoms with Gasteiger partial charge in [-0.05, 0) is 43.3 Å². The summed E-state index contributed by atoms with van der Waals surface area (Å²) in [5.74, 6) is 1.71. The molecule has 0 amide bonds. The molecule has 0 radical (unpaired) electrons. The Balaban J connectivity index is 2.11. The van der Waals surface area contributed by atoms with Gasteiger partial charge in [0, 0.05) is 5.69 Å². The average molecular weight is 325 g/mol. The van der Waals surface area contributed by atoms with Gasteiger partial charge in [-0.3, -0.25) is 0 Å². The van der Waals surface area contributed by atoms with Gasteiger partial charge in [-0.2, -0.15) is 0 Å². The van der Waals surface area contributed by atoms with Crippen molar-refractivity contribution in [3.8, 4) is 11.5 Å². The van der Waals surface area contributed by atoms with Crippen molar-refractivity contribution >= 4 is 28.6 Å². The summed E-state index contributed by atoms with van der Waals surface area (Å²) in [5, 5.41) is 0. The number of hydrogen-bond acceptors (Lipinski definition) is 2. The molecule has 0 atom stereocenters. The Kier molecular flexibility index (Phi) is 3.66. The smallest absolute Gasteiger partial charge is 0.127 e. The van der Waals surface area contributed by atoms with Crippen LogP contribution in [0.15, 0.2) is 48.5 Å². The van der Waals surface area contributed by atoms with Crippen LogP contribution < -0.4 is 8.27 Å². The second kappa shape index (κ2) is 5.21. The van der Waals surface area contributed by atoms with Crippen molar-refractivity contribution in [2.75, 3.05) is 3.53 Å². The van der Waals surface area contributed by atoms with E-state index in [1.54, 1.807) is 0 Å². The molecular formula is C13H12INO. The van der Waals surface area contributed by atoms with Crippen LogP contribution in [-0.4, -0.2) is 0 Å². The normalized spacial score (nSPS) is 9.88. The summed E-state index contributed by atoms with van der Waals surface area (Å²) in [6.45, 7) is 2.06. The number of anilines is 1. The van der Waals surface area contributed by atoms with Gasteiger partial charge in [-0.1, -0.05) is 17.7 Å². The largest absolute Gasteiger partial charge is 0.457 e. The van der Waals surface area contributed by atoms with Crippen LogP contribution in [0.5, 0.6) is 11.5 Å². The maximum absolute atomic E-state index is 5.70. The second-order valence-corrected chi connectivity index (χ2v) is 4.07. The van der Waals surface area contributed by atoms with Crippen LogP contribution in [0.2, 0.25) is 0 Å². The SMILES string of the molecule is Cc1ccc(Oc2ccc(NI)cc2)cc1. The maximum Gasteiger partial charge on any atom is 0.127 e. The highest BCUT2D eigenvalue weighted by Gasteiger charge is 1.96.